The number of aryl methyl sites for hydroxylation is 2. The van der Waals surface area contributed by atoms with Gasteiger partial charge >= 0.3 is 5.97 Å². The number of benzene rings is 3. The third-order valence-electron chi connectivity index (χ3n) is 7.99. The zero-order valence-electron chi connectivity index (χ0n) is 23.3. The second-order valence-electron chi connectivity index (χ2n) is 10.5. The van der Waals surface area contributed by atoms with Gasteiger partial charge in [-0.1, -0.05) is 54.6 Å². The lowest BCUT2D eigenvalue weighted by Crippen LogP contribution is -2.12. The van der Waals surface area contributed by atoms with Crippen LogP contribution in [0.5, 0.6) is 5.75 Å². The molecule has 0 saturated carbocycles. The van der Waals surface area contributed by atoms with E-state index in [9.17, 15) is 15.0 Å². The van der Waals surface area contributed by atoms with Gasteiger partial charge in [-0.15, -0.1) is 0 Å². The molecular weight excluding hydrogens is 518 g/mol. The summed E-state index contributed by atoms with van der Waals surface area (Å²) in [5, 5.41) is 28.0. The predicted octanol–water partition coefficient (Wildman–Crippen LogP) is 5.98. The third kappa shape index (κ3) is 5.09. The van der Waals surface area contributed by atoms with Crippen molar-refractivity contribution in [1.82, 2.24) is 14.3 Å². The lowest BCUT2D eigenvalue weighted by Gasteiger charge is -2.12. The third-order valence-corrected chi connectivity index (χ3v) is 7.99. The van der Waals surface area contributed by atoms with Crippen LogP contribution in [0.1, 0.15) is 46.7 Å². The molecule has 2 N–H and O–H groups in total. The molecule has 41 heavy (non-hydrogen) atoms. The van der Waals surface area contributed by atoms with Gasteiger partial charge in [0.2, 0.25) is 0 Å². The average Bonchev–Trinajstić information content (AvgIpc) is 3.45. The summed E-state index contributed by atoms with van der Waals surface area (Å²) < 4.78 is 16.0. The van der Waals surface area contributed by atoms with Crippen molar-refractivity contribution in [3.05, 3.63) is 83.3 Å². The summed E-state index contributed by atoms with van der Waals surface area (Å²) in [5.41, 5.74) is 5.74. The fourth-order valence-corrected chi connectivity index (χ4v) is 6.17. The van der Waals surface area contributed by atoms with E-state index in [0.717, 1.165) is 68.3 Å². The highest BCUT2D eigenvalue weighted by atomic mass is 16.5. The van der Waals surface area contributed by atoms with Gasteiger partial charge in [-0.2, -0.15) is 5.10 Å². The van der Waals surface area contributed by atoms with Crippen LogP contribution >= 0.6 is 0 Å². The Hall–Kier alpha value is -4.14. The number of hydrogen-bond acceptors (Lipinski definition) is 5. The number of aliphatic hydroxyl groups excluding tert-OH is 1. The van der Waals surface area contributed by atoms with Crippen molar-refractivity contribution >= 4 is 27.6 Å². The topological polar surface area (TPSA) is 98.7 Å². The number of para-hydroxylation sites is 1. The minimum absolute atomic E-state index is 0.0169. The van der Waals surface area contributed by atoms with Gasteiger partial charge < -0.3 is 24.3 Å². The average molecular weight is 554 g/mol. The van der Waals surface area contributed by atoms with Crippen LogP contribution in [0.3, 0.4) is 0 Å². The van der Waals surface area contributed by atoms with Gasteiger partial charge in [0.25, 0.3) is 0 Å². The van der Waals surface area contributed by atoms with Crippen molar-refractivity contribution in [3.63, 3.8) is 0 Å². The predicted molar refractivity (Wildman–Crippen MR) is 159 cm³/mol. The molecule has 0 spiro atoms. The van der Waals surface area contributed by atoms with Gasteiger partial charge in [-0.05, 0) is 49.6 Å². The highest BCUT2D eigenvalue weighted by Crippen LogP contribution is 2.39. The van der Waals surface area contributed by atoms with Gasteiger partial charge in [-0.3, -0.25) is 4.68 Å². The summed E-state index contributed by atoms with van der Waals surface area (Å²) >= 11 is 0. The van der Waals surface area contributed by atoms with E-state index in [1.807, 2.05) is 58.6 Å². The molecule has 3 aromatic carbocycles. The smallest absolute Gasteiger partial charge is 0.352 e. The van der Waals surface area contributed by atoms with E-state index in [4.69, 9.17) is 14.6 Å². The molecular formula is C33H35N3O5. The number of aromatic nitrogens is 3. The normalized spacial score (nSPS) is 13.7. The van der Waals surface area contributed by atoms with E-state index >= 15 is 0 Å². The van der Waals surface area contributed by atoms with E-state index in [1.54, 1.807) is 0 Å². The maximum Gasteiger partial charge on any atom is 0.352 e. The van der Waals surface area contributed by atoms with Crippen LogP contribution < -0.4 is 4.74 Å². The molecule has 5 aromatic rings. The van der Waals surface area contributed by atoms with Crippen LogP contribution in [-0.4, -0.2) is 50.4 Å². The van der Waals surface area contributed by atoms with Gasteiger partial charge in [0, 0.05) is 40.7 Å². The molecule has 0 atom stereocenters. The Labute approximate surface area is 238 Å². The maximum atomic E-state index is 12.8. The Bertz CT molecular complexity index is 1710. The molecule has 2 aromatic heterocycles. The quantitative estimate of drug-likeness (QED) is 0.230. The Morgan fingerprint density at radius 2 is 1.85 bits per heavy atom. The van der Waals surface area contributed by atoms with Crippen molar-refractivity contribution in [2.24, 2.45) is 0 Å². The van der Waals surface area contributed by atoms with E-state index in [-0.39, 0.29) is 6.61 Å². The molecule has 0 aliphatic carbocycles. The summed E-state index contributed by atoms with van der Waals surface area (Å²) in [5.74, 6) is -0.0815. The Balaban J connectivity index is 1.40. The lowest BCUT2D eigenvalue weighted by molar-refractivity contribution is 0.0683. The molecule has 0 amide bonds. The van der Waals surface area contributed by atoms with Crippen LogP contribution in [-0.2, 0) is 30.9 Å². The molecule has 0 radical (unpaired) electrons. The SMILES string of the molecule is Cc1c2c(nn1CCO)COCCCCn1c(C(=O)O)c(CCCOc3cccc4ccccc34)c3cccc-2c31. The Morgan fingerprint density at radius 3 is 2.71 bits per heavy atom. The molecule has 1 aliphatic rings. The number of fused-ring (bicyclic) bond motifs is 3. The minimum Gasteiger partial charge on any atom is -0.493 e. The van der Waals surface area contributed by atoms with E-state index in [1.165, 1.54) is 0 Å². The molecule has 8 heteroatoms. The summed E-state index contributed by atoms with van der Waals surface area (Å²) in [7, 11) is 0. The summed E-state index contributed by atoms with van der Waals surface area (Å²) in [6, 6.07) is 20.3. The van der Waals surface area contributed by atoms with E-state index in [0.29, 0.717) is 51.4 Å². The fourth-order valence-electron chi connectivity index (χ4n) is 6.17. The minimum atomic E-state index is -0.920. The number of aliphatic hydroxyl groups is 1. The zero-order chi connectivity index (χ0) is 28.3. The first-order chi connectivity index (χ1) is 20.1. The van der Waals surface area contributed by atoms with Gasteiger partial charge in [0.05, 0.1) is 37.6 Å². The summed E-state index contributed by atoms with van der Waals surface area (Å²) in [6.45, 7) is 4.38. The van der Waals surface area contributed by atoms with Crippen molar-refractivity contribution in [2.75, 3.05) is 19.8 Å². The van der Waals surface area contributed by atoms with Crippen molar-refractivity contribution < 1.29 is 24.5 Å². The van der Waals surface area contributed by atoms with Gasteiger partial charge in [-0.25, -0.2) is 4.79 Å². The molecule has 0 saturated heterocycles. The Kier molecular flexibility index (Phi) is 7.76. The van der Waals surface area contributed by atoms with Crippen LogP contribution in [0.15, 0.2) is 60.7 Å². The number of ether oxygens (including phenoxy) is 2. The Morgan fingerprint density at radius 1 is 1.05 bits per heavy atom. The number of carboxylic acid groups (broad SMARTS) is 1. The first kappa shape index (κ1) is 27.1. The number of hydrogen-bond donors (Lipinski definition) is 2. The molecule has 212 valence electrons. The molecule has 3 heterocycles. The second kappa shape index (κ2) is 11.8. The molecule has 8 nitrogen and oxygen atoms in total. The largest absolute Gasteiger partial charge is 0.493 e. The number of carboxylic acids is 1. The lowest BCUT2D eigenvalue weighted by atomic mass is 9.98. The van der Waals surface area contributed by atoms with Crippen LogP contribution in [0.25, 0.3) is 32.8 Å². The molecule has 0 unspecified atom stereocenters. The molecule has 0 fully saturated rings. The molecule has 6 rings (SSSR count). The number of carbonyl (C=O) groups is 1. The van der Waals surface area contributed by atoms with Gasteiger partial charge in [0.1, 0.15) is 11.4 Å². The number of aromatic carboxylic acids is 1. The van der Waals surface area contributed by atoms with Crippen LogP contribution in [0.4, 0.5) is 0 Å². The van der Waals surface area contributed by atoms with Crippen LogP contribution in [0, 0.1) is 6.92 Å². The number of rotatable bonds is 8. The molecule has 1 aliphatic heterocycles. The standard InChI is InChI=1S/C33H35N3O5/c1-22-30-27-13-7-12-25-26(14-8-20-41-29-15-6-10-23-9-2-3-11-24(23)29)32(33(38)39)35(31(25)27)16-4-5-19-40-21-28(30)34-36(22)17-18-37/h2-3,6-7,9-13,15,37H,4-5,8,14,16-21H2,1H3,(H,38,39). The van der Waals surface area contributed by atoms with Crippen molar-refractivity contribution in [2.45, 2.75) is 52.3 Å². The van der Waals surface area contributed by atoms with E-state index < -0.39 is 5.97 Å². The first-order valence-electron chi connectivity index (χ1n) is 14.3. The second-order valence-corrected chi connectivity index (χ2v) is 10.5. The van der Waals surface area contributed by atoms with Crippen molar-refractivity contribution in [1.29, 1.82) is 0 Å². The highest BCUT2D eigenvalue weighted by Gasteiger charge is 2.27. The van der Waals surface area contributed by atoms with Crippen LogP contribution in [0.2, 0.25) is 0 Å². The summed E-state index contributed by atoms with van der Waals surface area (Å²) in [4.78, 5) is 12.8. The van der Waals surface area contributed by atoms with Crippen molar-refractivity contribution in [3.8, 4) is 16.9 Å². The van der Waals surface area contributed by atoms with Gasteiger partial charge in [0.15, 0.2) is 0 Å². The first-order valence-corrected chi connectivity index (χ1v) is 14.3. The highest BCUT2D eigenvalue weighted by molar-refractivity contribution is 6.04. The summed E-state index contributed by atoms with van der Waals surface area (Å²) in [6.07, 6.45) is 2.89. The maximum absolute atomic E-state index is 12.8. The monoisotopic (exact) mass is 553 g/mol. The van der Waals surface area contributed by atoms with E-state index in [2.05, 4.69) is 18.2 Å². The number of nitrogens with zero attached hydrogens (tertiary/aromatic N) is 3. The fraction of sp³-hybridized carbons (Fsp3) is 0.333. The zero-order valence-corrected chi connectivity index (χ0v) is 23.3. The molecule has 0 bridgehead atoms.